The average Bonchev–Trinajstić information content (AvgIpc) is 3.21. The molecule has 3 aromatic rings. The zero-order valence-corrected chi connectivity index (χ0v) is 17.0. The molecular formula is C19H18N6O4S. The second kappa shape index (κ2) is 9.18. The van der Waals surface area contributed by atoms with E-state index in [-0.39, 0.29) is 12.5 Å². The molecule has 0 radical (unpaired) electrons. The van der Waals surface area contributed by atoms with E-state index in [1.165, 1.54) is 15.9 Å². The van der Waals surface area contributed by atoms with Gasteiger partial charge >= 0.3 is 5.95 Å². The molecule has 0 N–H and O–H groups in total. The molecule has 30 heavy (non-hydrogen) atoms. The van der Waals surface area contributed by atoms with E-state index in [4.69, 9.17) is 0 Å². The zero-order chi connectivity index (χ0) is 21.7. The van der Waals surface area contributed by atoms with Crippen LogP contribution < -0.4 is 4.90 Å². The minimum absolute atomic E-state index is 0.145. The Balaban J connectivity index is 0.000000461. The van der Waals surface area contributed by atoms with Gasteiger partial charge in [0, 0.05) is 29.0 Å². The van der Waals surface area contributed by atoms with Gasteiger partial charge in [0.2, 0.25) is 12.7 Å². The molecule has 1 aliphatic rings. The molecule has 0 atom stereocenters. The molecule has 0 aliphatic carbocycles. The van der Waals surface area contributed by atoms with E-state index in [1.54, 1.807) is 30.8 Å². The van der Waals surface area contributed by atoms with Crippen molar-refractivity contribution in [2.75, 3.05) is 19.0 Å². The van der Waals surface area contributed by atoms with Gasteiger partial charge < -0.3 is 15.0 Å². The number of nitrogens with zero attached hydrogens (tertiary/aromatic N) is 6. The standard InChI is InChI=1S/C16H11N5O3S.C3H7NO/c22-15(9-19-10-17-16(18-19)21(23)24)20-11-5-1-3-7-13(11)25-14-8-4-2-6-12(14)20;1-4(2)3-5/h1-8,10H,9H2;3H,1-2H3. The van der Waals surface area contributed by atoms with Crippen molar-refractivity contribution in [3.05, 3.63) is 65.0 Å². The topological polar surface area (TPSA) is 114 Å². The van der Waals surface area contributed by atoms with Crippen molar-refractivity contribution in [3.8, 4) is 0 Å². The highest BCUT2D eigenvalue weighted by Gasteiger charge is 2.29. The SMILES string of the molecule is CN(C)C=O.O=C(Cn1cnc([N+](=O)[O-])n1)N1c2ccccc2Sc2ccccc21. The molecule has 1 aromatic heterocycles. The number of hydrogen-bond donors (Lipinski definition) is 0. The number of rotatable bonds is 4. The van der Waals surface area contributed by atoms with Crippen LogP contribution in [0, 0.1) is 10.1 Å². The predicted molar refractivity (Wildman–Crippen MR) is 111 cm³/mol. The molecule has 11 heteroatoms. The van der Waals surface area contributed by atoms with Gasteiger partial charge in [0.15, 0.2) is 0 Å². The van der Waals surface area contributed by atoms with E-state index in [2.05, 4.69) is 10.1 Å². The molecule has 4 rings (SSSR count). The number of aromatic nitrogens is 3. The van der Waals surface area contributed by atoms with Crippen LogP contribution in [0.25, 0.3) is 0 Å². The highest BCUT2D eigenvalue weighted by molar-refractivity contribution is 7.99. The van der Waals surface area contributed by atoms with Gasteiger partial charge in [0.1, 0.15) is 6.54 Å². The Hall–Kier alpha value is -3.73. The quantitative estimate of drug-likeness (QED) is 0.358. The van der Waals surface area contributed by atoms with Crippen LogP contribution in [0.2, 0.25) is 0 Å². The maximum atomic E-state index is 12.9. The third kappa shape index (κ3) is 4.63. The molecule has 154 valence electrons. The summed E-state index contributed by atoms with van der Waals surface area (Å²) >= 11 is 1.60. The van der Waals surface area contributed by atoms with Crippen LogP contribution in [0.3, 0.4) is 0 Å². The minimum Gasteiger partial charge on any atom is -0.390 e. The first-order valence-electron chi connectivity index (χ1n) is 8.75. The first kappa shape index (κ1) is 21.0. The summed E-state index contributed by atoms with van der Waals surface area (Å²) in [5, 5.41) is 14.4. The Morgan fingerprint density at radius 3 is 2.13 bits per heavy atom. The third-order valence-corrected chi connectivity index (χ3v) is 5.01. The Bertz CT molecular complexity index is 1040. The summed E-state index contributed by atoms with van der Waals surface area (Å²) in [7, 11) is 3.38. The van der Waals surface area contributed by atoms with Gasteiger partial charge in [-0.3, -0.25) is 14.5 Å². The molecular weight excluding hydrogens is 408 g/mol. The van der Waals surface area contributed by atoms with Crippen LogP contribution in [0.15, 0.2) is 64.6 Å². The van der Waals surface area contributed by atoms with E-state index in [9.17, 15) is 19.7 Å². The fourth-order valence-electron chi connectivity index (χ4n) is 2.63. The molecule has 0 saturated carbocycles. The number of amides is 2. The van der Waals surface area contributed by atoms with Crippen LogP contribution in [0.1, 0.15) is 0 Å². The Kier molecular flexibility index (Phi) is 6.42. The first-order valence-corrected chi connectivity index (χ1v) is 9.56. The molecule has 0 fully saturated rings. The van der Waals surface area contributed by atoms with Crippen molar-refractivity contribution in [1.29, 1.82) is 0 Å². The summed E-state index contributed by atoms with van der Waals surface area (Å²) in [4.78, 5) is 41.0. The van der Waals surface area contributed by atoms with Gasteiger partial charge in [0.05, 0.1) is 11.4 Å². The third-order valence-electron chi connectivity index (χ3n) is 3.88. The molecule has 0 spiro atoms. The lowest BCUT2D eigenvalue weighted by Crippen LogP contribution is -2.31. The van der Waals surface area contributed by atoms with Crippen molar-refractivity contribution in [3.63, 3.8) is 0 Å². The summed E-state index contributed by atoms with van der Waals surface area (Å²) in [6, 6.07) is 15.2. The van der Waals surface area contributed by atoms with Crippen molar-refractivity contribution < 1.29 is 14.5 Å². The summed E-state index contributed by atoms with van der Waals surface area (Å²) in [5.74, 6) is -0.775. The Morgan fingerprint density at radius 1 is 1.13 bits per heavy atom. The number of anilines is 2. The van der Waals surface area contributed by atoms with Crippen LogP contribution in [0.4, 0.5) is 17.3 Å². The van der Waals surface area contributed by atoms with Gasteiger partial charge in [0.25, 0.3) is 5.91 Å². The predicted octanol–water partition coefficient (Wildman–Crippen LogP) is 2.72. The summed E-state index contributed by atoms with van der Waals surface area (Å²) < 4.78 is 1.17. The van der Waals surface area contributed by atoms with E-state index < -0.39 is 10.9 Å². The molecule has 2 amide bonds. The van der Waals surface area contributed by atoms with Gasteiger partial charge in [-0.2, -0.15) is 4.68 Å². The maximum absolute atomic E-state index is 12.9. The van der Waals surface area contributed by atoms with Crippen molar-refractivity contribution in [2.45, 2.75) is 16.3 Å². The van der Waals surface area contributed by atoms with Crippen LogP contribution in [-0.2, 0) is 16.1 Å². The first-order chi connectivity index (χ1) is 14.4. The lowest BCUT2D eigenvalue weighted by atomic mass is 10.2. The molecule has 2 aromatic carbocycles. The van der Waals surface area contributed by atoms with E-state index in [0.29, 0.717) is 0 Å². The number of nitro groups is 1. The van der Waals surface area contributed by atoms with E-state index >= 15 is 0 Å². The van der Waals surface area contributed by atoms with Gasteiger partial charge in [-0.05, 0) is 29.2 Å². The van der Waals surface area contributed by atoms with Crippen LogP contribution >= 0.6 is 11.8 Å². The largest absolute Gasteiger partial charge is 0.490 e. The maximum Gasteiger partial charge on any atom is 0.490 e. The highest BCUT2D eigenvalue weighted by Crippen LogP contribution is 2.47. The van der Waals surface area contributed by atoms with E-state index in [0.717, 1.165) is 27.6 Å². The molecule has 2 heterocycles. The summed E-state index contributed by atoms with van der Waals surface area (Å²) in [5.41, 5.74) is 1.57. The fourth-order valence-corrected chi connectivity index (χ4v) is 3.69. The second-order valence-electron chi connectivity index (χ2n) is 6.33. The van der Waals surface area contributed by atoms with Crippen molar-refractivity contribution >= 4 is 41.4 Å². The number of hydrogen-bond acceptors (Lipinski definition) is 7. The van der Waals surface area contributed by atoms with Crippen LogP contribution in [0.5, 0.6) is 0 Å². The lowest BCUT2D eigenvalue weighted by molar-refractivity contribution is -0.394. The molecule has 10 nitrogen and oxygen atoms in total. The molecule has 0 unspecified atom stereocenters. The molecule has 0 bridgehead atoms. The average molecular weight is 426 g/mol. The molecule has 1 aliphatic heterocycles. The van der Waals surface area contributed by atoms with Gasteiger partial charge in [-0.15, -0.1) is 0 Å². The van der Waals surface area contributed by atoms with Crippen molar-refractivity contribution in [2.24, 2.45) is 0 Å². The summed E-state index contributed by atoms with van der Waals surface area (Å²) in [6.07, 6.45) is 1.94. The van der Waals surface area contributed by atoms with Gasteiger partial charge in [-0.25, -0.2) is 0 Å². The van der Waals surface area contributed by atoms with Crippen LogP contribution in [-0.4, -0.2) is 51.0 Å². The Morgan fingerprint density at radius 2 is 1.67 bits per heavy atom. The van der Waals surface area contributed by atoms with Gasteiger partial charge in [-0.1, -0.05) is 41.0 Å². The number of benzene rings is 2. The number of fused-ring (bicyclic) bond motifs is 2. The molecule has 0 saturated heterocycles. The normalized spacial score (nSPS) is 11.5. The monoisotopic (exact) mass is 426 g/mol. The summed E-state index contributed by atoms with van der Waals surface area (Å²) in [6.45, 7) is -0.145. The smallest absolute Gasteiger partial charge is 0.390 e. The fraction of sp³-hybridized carbons (Fsp3) is 0.158. The van der Waals surface area contributed by atoms with E-state index in [1.807, 2.05) is 48.5 Å². The number of para-hydroxylation sites is 2. The highest BCUT2D eigenvalue weighted by atomic mass is 32.2. The lowest BCUT2D eigenvalue weighted by Gasteiger charge is -2.30. The zero-order valence-electron chi connectivity index (χ0n) is 16.2. The number of carbonyl (C=O) groups excluding carboxylic acids is 2. The number of carbonyl (C=O) groups is 2. The minimum atomic E-state index is -0.691. The Labute approximate surface area is 176 Å². The second-order valence-corrected chi connectivity index (χ2v) is 7.42. The van der Waals surface area contributed by atoms with Crippen molar-refractivity contribution in [1.82, 2.24) is 19.7 Å².